The molecule has 0 saturated heterocycles. The van der Waals surface area contributed by atoms with Crippen LogP contribution >= 0.6 is 34.8 Å². The van der Waals surface area contributed by atoms with E-state index < -0.39 is 5.91 Å². The lowest BCUT2D eigenvalue weighted by molar-refractivity contribution is 0.101. The highest BCUT2D eigenvalue weighted by Crippen LogP contribution is 2.33. The number of nitrogens with zero attached hydrogens (tertiary/aromatic N) is 2. The van der Waals surface area contributed by atoms with E-state index in [2.05, 4.69) is 20.5 Å². The van der Waals surface area contributed by atoms with E-state index in [1.807, 2.05) is 0 Å². The Labute approximate surface area is 111 Å². The fourth-order valence-electron chi connectivity index (χ4n) is 1.15. The van der Waals surface area contributed by atoms with Crippen LogP contribution in [0.15, 0.2) is 18.5 Å². The van der Waals surface area contributed by atoms with Gasteiger partial charge in [-0.3, -0.25) is 9.89 Å². The molecule has 0 unspecified atom stereocenters. The Morgan fingerprint density at radius 2 is 1.88 bits per heavy atom. The van der Waals surface area contributed by atoms with Crippen LogP contribution in [-0.2, 0) is 0 Å². The van der Waals surface area contributed by atoms with Gasteiger partial charge < -0.3 is 5.32 Å². The van der Waals surface area contributed by atoms with Crippen molar-refractivity contribution in [3.63, 3.8) is 0 Å². The van der Waals surface area contributed by atoms with Gasteiger partial charge in [0.2, 0.25) is 5.82 Å². The molecule has 0 radical (unpaired) electrons. The monoisotopic (exact) mass is 290 g/mol. The molecule has 0 atom stereocenters. The summed E-state index contributed by atoms with van der Waals surface area (Å²) < 4.78 is 0. The first kappa shape index (κ1) is 12.2. The van der Waals surface area contributed by atoms with Crippen molar-refractivity contribution in [2.75, 3.05) is 5.32 Å². The molecule has 8 heteroatoms. The number of aromatic nitrogens is 3. The lowest BCUT2D eigenvalue weighted by Crippen LogP contribution is -2.14. The van der Waals surface area contributed by atoms with Crippen LogP contribution in [0.2, 0.25) is 15.1 Å². The second kappa shape index (κ2) is 4.91. The smallest absolute Gasteiger partial charge is 0.293 e. The maximum atomic E-state index is 11.7. The van der Waals surface area contributed by atoms with Crippen LogP contribution in [0.3, 0.4) is 0 Å². The number of nitrogens with one attached hydrogen (secondary N) is 2. The van der Waals surface area contributed by atoms with Crippen LogP contribution in [0, 0.1) is 0 Å². The van der Waals surface area contributed by atoms with Crippen LogP contribution in [0.25, 0.3) is 0 Å². The molecular weight excluding hydrogens is 286 g/mol. The molecule has 0 aliphatic carbocycles. The summed E-state index contributed by atoms with van der Waals surface area (Å²) in [6.07, 6.45) is 1.22. The maximum Gasteiger partial charge on any atom is 0.293 e. The molecule has 2 N–H and O–H groups in total. The third kappa shape index (κ3) is 2.69. The highest BCUT2D eigenvalue weighted by atomic mass is 35.5. The lowest BCUT2D eigenvalue weighted by atomic mass is 10.3. The fourth-order valence-corrected chi connectivity index (χ4v) is 2.06. The minimum absolute atomic E-state index is 0.0621. The third-order valence-corrected chi connectivity index (χ3v) is 2.69. The molecule has 1 aromatic heterocycles. The summed E-state index contributed by atoms with van der Waals surface area (Å²) in [6, 6.07) is 2.95. The number of anilines is 1. The first-order valence-electron chi connectivity index (χ1n) is 4.39. The largest absolute Gasteiger partial charge is 0.317 e. The zero-order valence-electron chi connectivity index (χ0n) is 8.17. The van der Waals surface area contributed by atoms with Crippen LogP contribution in [0.4, 0.5) is 5.69 Å². The van der Waals surface area contributed by atoms with E-state index >= 15 is 0 Å². The molecule has 5 nitrogen and oxygen atoms in total. The summed E-state index contributed by atoms with van der Waals surface area (Å²) >= 11 is 17.6. The molecule has 0 saturated carbocycles. The van der Waals surface area contributed by atoms with Gasteiger partial charge >= 0.3 is 0 Å². The Balaban J connectivity index is 2.28. The molecule has 1 amide bonds. The van der Waals surface area contributed by atoms with Crippen molar-refractivity contribution in [2.45, 2.75) is 0 Å². The number of halogens is 3. The molecule has 17 heavy (non-hydrogen) atoms. The van der Waals surface area contributed by atoms with E-state index in [0.29, 0.717) is 5.02 Å². The number of amides is 1. The summed E-state index contributed by atoms with van der Waals surface area (Å²) in [7, 11) is 0. The Morgan fingerprint density at radius 3 is 2.41 bits per heavy atom. The minimum Gasteiger partial charge on any atom is -0.317 e. The van der Waals surface area contributed by atoms with E-state index in [0.717, 1.165) is 0 Å². The van der Waals surface area contributed by atoms with Gasteiger partial charge in [0.1, 0.15) is 6.33 Å². The van der Waals surface area contributed by atoms with Crippen LogP contribution < -0.4 is 5.32 Å². The summed E-state index contributed by atoms with van der Waals surface area (Å²) in [5.74, 6) is -0.430. The number of H-pyrrole nitrogens is 1. The Hall–Kier alpha value is -1.30. The molecule has 1 aromatic carbocycles. The van der Waals surface area contributed by atoms with E-state index in [4.69, 9.17) is 34.8 Å². The van der Waals surface area contributed by atoms with E-state index in [9.17, 15) is 4.79 Å². The number of carbonyl (C=O) groups is 1. The van der Waals surface area contributed by atoms with Gasteiger partial charge in [0.25, 0.3) is 5.91 Å². The van der Waals surface area contributed by atoms with Crippen molar-refractivity contribution < 1.29 is 4.79 Å². The summed E-state index contributed by atoms with van der Waals surface area (Å²) in [5.41, 5.74) is 0.277. The standard InChI is InChI=1S/C9H5Cl3N4O/c10-4-1-5(11)7(6(12)2-4)15-9(17)8-13-3-14-16-8/h1-3H,(H,15,17)(H,13,14,16). The average molecular weight is 292 g/mol. The topological polar surface area (TPSA) is 70.7 Å². The van der Waals surface area contributed by atoms with Crippen LogP contribution in [0.5, 0.6) is 0 Å². The quantitative estimate of drug-likeness (QED) is 0.893. The van der Waals surface area contributed by atoms with Crippen molar-refractivity contribution >= 4 is 46.4 Å². The minimum atomic E-state index is -0.492. The first-order valence-corrected chi connectivity index (χ1v) is 5.52. The Bertz CT molecular complexity index is 532. The highest BCUT2D eigenvalue weighted by Gasteiger charge is 2.14. The second-order valence-corrected chi connectivity index (χ2v) is 4.28. The van der Waals surface area contributed by atoms with Crippen molar-refractivity contribution in [3.8, 4) is 0 Å². The van der Waals surface area contributed by atoms with Crippen LogP contribution in [0.1, 0.15) is 10.6 Å². The lowest BCUT2D eigenvalue weighted by Gasteiger charge is -2.08. The number of hydrogen-bond donors (Lipinski definition) is 2. The molecule has 0 fully saturated rings. The van der Waals surface area contributed by atoms with Gasteiger partial charge in [-0.15, -0.1) is 0 Å². The average Bonchev–Trinajstić information content (AvgIpc) is 2.76. The van der Waals surface area contributed by atoms with Crippen molar-refractivity contribution in [2.24, 2.45) is 0 Å². The Morgan fingerprint density at radius 1 is 1.24 bits per heavy atom. The number of carbonyl (C=O) groups excluding carboxylic acids is 1. The van der Waals surface area contributed by atoms with Gasteiger partial charge in [-0.05, 0) is 12.1 Å². The van der Waals surface area contributed by atoms with Crippen molar-refractivity contribution in [1.29, 1.82) is 0 Å². The first-order chi connectivity index (χ1) is 8.08. The molecule has 88 valence electrons. The van der Waals surface area contributed by atoms with E-state index in [1.54, 1.807) is 0 Å². The van der Waals surface area contributed by atoms with Gasteiger partial charge in [-0.1, -0.05) is 34.8 Å². The molecule has 0 aliphatic heterocycles. The molecule has 0 bridgehead atoms. The van der Waals surface area contributed by atoms with Gasteiger partial charge in [-0.2, -0.15) is 5.10 Å². The zero-order chi connectivity index (χ0) is 12.4. The van der Waals surface area contributed by atoms with Gasteiger partial charge in [-0.25, -0.2) is 4.98 Å². The molecule has 2 aromatic rings. The predicted molar refractivity (Wildman–Crippen MR) is 65.8 cm³/mol. The zero-order valence-corrected chi connectivity index (χ0v) is 10.4. The Kier molecular flexibility index (Phi) is 3.51. The highest BCUT2D eigenvalue weighted by molar-refractivity contribution is 6.42. The number of aromatic amines is 1. The third-order valence-electron chi connectivity index (χ3n) is 1.88. The number of rotatable bonds is 2. The normalized spacial score (nSPS) is 10.3. The summed E-state index contributed by atoms with van der Waals surface area (Å²) in [5, 5.41) is 9.37. The fraction of sp³-hybridized carbons (Fsp3) is 0. The van der Waals surface area contributed by atoms with E-state index in [-0.39, 0.29) is 21.6 Å². The van der Waals surface area contributed by atoms with Crippen LogP contribution in [-0.4, -0.2) is 21.1 Å². The second-order valence-electron chi connectivity index (χ2n) is 3.03. The van der Waals surface area contributed by atoms with Gasteiger partial charge in [0, 0.05) is 5.02 Å². The van der Waals surface area contributed by atoms with Crippen molar-refractivity contribution in [1.82, 2.24) is 15.2 Å². The number of benzene rings is 1. The molecular formula is C9H5Cl3N4O. The van der Waals surface area contributed by atoms with Gasteiger partial charge in [0.05, 0.1) is 15.7 Å². The molecule has 0 spiro atoms. The molecule has 2 rings (SSSR count). The SMILES string of the molecule is O=C(Nc1c(Cl)cc(Cl)cc1Cl)c1ncn[nH]1. The number of hydrogen-bond acceptors (Lipinski definition) is 3. The summed E-state index contributed by atoms with van der Waals surface area (Å²) in [4.78, 5) is 15.4. The van der Waals surface area contributed by atoms with E-state index in [1.165, 1.54) is 18.5 Å². The van der Waals surface area contributed by atoms with Gasteiger partial charge in [0.15, 0.2) is 0 Å². The molecule has 1 heterocycles. The predicted octanol–water partition coefficient (Wildman–Crippen LogP) is 3.02. The van der Waals surface area contributed by atoms with Crippen molar-refractivity contribution in [3.05, 3.63) is 39.4 Å². The maximum absolute atomic E-state index is 11.7. The molecule has 0 aliphatic rings. The summed E-state index contributed by atoms with van der Waals surface area (Å²) in [6.45, 7) is 0.